The first-order valence-corrected chi connectivity index (χ1v) is 11.8. The van der Waals surface area contributed by atoms with E-state index in [1.807, 2.05) is 0 Å². The summed E-state index contributed by atoms with van der Waals surface area (Å²) < 4.78 is 10.7. The minimum absolute atomic E-state index is 0.144. The van der Waals surface area contributed by atoms with Crippen LogP contribution in [0.1, 0.15) is 77.0 Å². The second-order valence-corrected chi connectivity index (χ2v) is 8.48. The fourth-order valence-corrected chi connectivity index (χ4v) is 3.74. The fraction of sp³-hybridized carbons (Fsp3) is 0.609. The highest BCUT2D eigenvalue weighted by Gasteiger charge is 2.10. The number of carbonyl (C=O) groups is 2. The molecule has 0 N–H and O–H groups in total. The number of ether oxygens (including phenoxy) is 2. The normalized spacial score (nSPS) is 18.9. The molecule has 0 unspecified atom stereocenters. The van der Waals surface area contributed by atoms with E-state index in [1.54, 1.807) is 12.1 Å². The molecular weight excluding hydrogens is 441 g/mol. The molecule has 0 atom stereocenters. The monoisotopic (exact) mass is 471 g/mol. The molecule has 0 spiro atoms. The maximum atomic E-state index is 12.0. The van der Waals surface area contributed by atoms with Crippen molar-refractivity contribution in [2.24, 2.45) is 5.16 Å². The number of hydrogen-bond donors (Lipinski definition) is 0. The first kappa shape index (κ1) is 25.5. The lowest BCUT2D eigenvalue weighted by Gasteiger charge is -2.09. The van der Waals surface area contributed by atoms with Crippen LogP contribution >= 0.6 is 23.2 Å². The Hall–Kier alpha value is -1.79. The summed E-state index contributed by atoms with van der Waals surface area (Å²) in [5.41, 5.74) is 0.793. The molecule has 1 aliphatic heterocycles. The highest BCUT2D eigenvalue weighted by atomic mass is 35.5. The van der Waals surface area contributed by atoms with E-state index in [0.29, 0.717) is 41.7 Å². The van der Waals surface area contributed by atoms with Gasteiger partial charge in [-0.05, 0) is 50.3 Å². The molecule has 0 bridgehead atoms. The molecule has 1 aromatic carbocycles. The van der Waals surface area contributed by atoms with E-state index < -0.39 is 5.97 Å². The highest BCUT2D eigenvalue weighted by Crippen LogP contribution is 2.27. The molecule has 1 heterocycles. The van der Waals surface area contributed by atoms with E-state index in [4.69, 9.17) is 37.5 Å². The summed E-state index contributed by atoms with van der Waals surface area (Å²) >= 11 is 11.9. The molecule has 8 heteroatoms. The molecule has 0 aromatic heterocycles. The van der Waals surface area contributed by atoms with E-state index in [2.05, 4.69) is 5.16 Å². The first-order valence-electron chi connectivity index (χ1n) is 11.0. The van der Waals surface area contributed by atoms with Gasteiger partial charge in [0.25, 0.3) is 0 Å². The van der Waals surface area contributed by atoms with E-state index in [1.165, 1.54) is 31.7 Å². The number of nitrogens with zero attached hydrogens (tertiary/aromatic N) is 1. The van der Waals surface area contributed by atoms with Crippen LogP contribution in [0.15, 0.2) is 23.4 Å². The maximum Gasteiger partial charge on any atom is 0.372 e. The third-order valence-corrected chi connectivity index (χ3v) is 5.52. The van der Waals surface area contributed by atoms with Crippen LogP contribution in [0.2, 0.25) is 10.0 Å². The lowest BCUT2D eigenvalue weighted by molar-refractivity contribution is -0.146. The van der Waals surface area contributed by atoms with Gasteiger partial charge in [-0.25, -0.2) is 4.79 Å². The number of rotatable bonds is 4. The molecular formula is C23H31Cl2NO5. The van der Waals surface area contributed by atoms with Crippen LogP contribution in [0, 0.1) is 0 Å². The summed E-state index contributed by atoms with van der Waals surface area (Å²) in [5.74, 6) is -0.408. The Kier molecular flexibility index (Phi) is 12.4. The molecule has 0 radical (unpaired) electrons. The van der Waals surface area contributed by atoms with E-state index in [-0.39, 0.29) is 12.6 Å². The van der Waals surface area contributed by atoms with Crippen molar-refractivity contribution in [1.82, 2.24) is 0 Å². The van der Waals surface area contributed by atoms with Gasteiger partial charge >= 0.3 is 11.9 Å². The zero-order chi connectivity index (χ0) is 22.3. The minimum Gasteiger partial charge on any atom is -0.480 e. The summed E-state index contributed by atoms with van der Waals surface area (Å²) in [4.78, 5) is 28.8. The number of halogens is 2. The summed E-state index contributed by atoms with van der Waals surface area (Å²) in [5, 5.41) is 4.85. The highest BCUT2D eigenvalue weighted by molar-refractivity contribution is 6.35. The predicted molar refractivity (Wildman–Crippen MR) is 122 cm³/mol. The van der Waals surface area contributed by atoms with Gasteiger partial charge in [-0.1, -0.05) is 66.9 Å². The van der Waals surface area contributed by atoms with Crippen LogP contribution in [0.25, 0.3) is 0 Å². The standard InChI is InChI=1S/C23H31Cl2NO5/c24-18-13-14-21(20(25)16-18)30-17-23(28)31-26-19-10-7-5-3-1-2-4-6-8-12-22(27)29-15-9-11-19/h13-14,16H,1-12,15,17H2/b26-19+. The van der Waals surface area contributed by atoms with Gasteiger partial charge in [-0.15, -0.1) is 0 Å². The number of cyclic esters (lactones) is 1. The number of carbonyl (C=O) groups excluding carboxylic acids is 2. The van der Waals surface area contributed by atoms with Gasteiger partial charge in [0.1, 0.15) is 5.75 Å². The van der Waals surface area contributed by atoms with Gasteiger partial charge in [0.2, 0.25) is 0 Å². The second-order valence-electron chi connectivity index (χ2n) is 7.64. The van der Waals surface area contributed by atoms with E-state index in [0.717, 1.165) is 37.8 Å². The Labute approximate surface area is 194 Å². The van der Waals surface area contributed by atoms with Crippen LogP contribution in [0.3, 0.4) is 0 Å². The Bertz CT molecular complexity index is 739. The number of esters is 1. The Morgan fingerprint density at radius 2 is 1.58 bits per heavy atom. The molecule has 0 aliphatic carbocycles. The van der Waals surface area contributed by atoms with Crippen LogP contribution in [0.4, 0.5) is 0 Å². The SMILES string of the molecule is O=C1CCCCCCCCCC/C(=N\OC(=O)COc2ccc(Cl)cc2Cl)CCCO1. The molecule has 0 amide bonds. The molecule has 6 nitrogen and oxygen atoms in total. The molecule has 1 aromatic rings. The zero-order valence-electron chi connectivity index (χ0n) is 17.9. The summed E-state index contributed by atoms with van der Waals surface area (Å²) in [7, 11) is 0. The van der Waals surface area contributed by atoms with Crippen LogP contribution in [-0.2, 0) is 19.2 Å². The van der Waals surface area contributed by atoms with Crippen molar-refractivity contribution in [2.45, 2.75) is 77.0 Å². The van der Waals surface area contributed by atoms with Crippen molar-refractivity contribution in [2.75, 3.05) is 13.2 Å². The number of oxime groups is 1. The minimum atomic E-state index is -0.614. The van der Waals surface area contributed by atoms with Crippen LogP contribution in [-0.4, -0.2) is 30.9 Å². The molecule has 31 heavy (non-hydrogen) atoms. The number of hydrogen-bond acceptors (Lipinski definition) is 6. The second kappa shape index (κ2) is 15.1. The Morgan fingerprint density at radius 3 is 2.29 bits per heavy atom. The van der Waals surface area contributed by atoms with Crippen molar-refractivity contribution < 1.29 is 23.9 Å². The quantitative estimate of drug-likeness (QED) is 0.284. The van der Waals surface area contributed by atoms with Crippen LogP contribution < -0.4 is 4.74 Å². The maximum absolute atomic E-state index is 12.0. The van der Waals surface area contributed by atoms with Crippen molar-refractivity contribution in [1.29, 1.82) is 0 Å². The third-order valence-electron chi connectivity index (χ3n) is 4.99. The van der Waals surface area contributed by atoms with Gasteiger partial charge in [0, 0.05) is 11.4 Å². The average molecular weight is 472 g/mol. The Morgan fingerprint density at radius 1 is 0.935 bits per heavy atom. The van der Waals surface area contributed by atoms with Gasteiger partial charge in [0.15, 0.2) is 6.61 Å². The topological polar surface area (TPSA) is 74.2 Å². The largest absolute Gasteiger partial charge is 0.480 e. The molecule has 0 saturated carbocycles. The third kappa shape index (κ3) is 11.4. The summed E-state index contributed by atoms with van der Waals surface area (Å²) in [6.07, 6.45) is 11.4. The lowest BCUT2D eigenvalue weighted by atomic mass is 10.0. The van der Waals surface area contributed by atoms with Crippen molar-refractivity contribution in [3.05, 3.63) is 28.2 Å². The van der Waals surface area contributed by atoms with E-state index in [9.17, 15) is 9.59 Å². The smallest absolute Gasteiger partial charge is 0.372 e. The van der Waals surface area contributed by atoms with Crippen molar-refractivity contribution >= 4 is 40.9 Å². The van der Waals surface area contributed by atoms with Crippen molar-refractivity contribution in [3.63, 3.8) is 0 Å². The van der Waals surface area contributed by atoms with Gasteiger partial charge in [-0.2, -0.15) is 0 Å². The van der Waals surface area contributed by atoms with Gasteiger partial charge in [0.05, 0.1) is 17.3 Å². The van der Waals surface area contributed by atoms with E-state index >= 15 is 0 Å². The summed E-state index contributed by atoms with van der Waals surface area (Å²) in [6, 6.07) is 4.75. The van der Waals surface area contributed by atoms with Gasteiger partial charge in [-0.3, -0.25) is 4.79 Å². The summed E-state index contributed by atoms with van der Waals surface area (Å²) in [6.45, 7) is 0.0414. The molecule has 1 fully saturated rings. The molecule has 1 saturated heterocycles. The lowest BCUT2D eigenvalue weighted by Crippen LogP contribution is -2.14. The first-order chi connectivity index (χ1) is 15.0. The molecule has 2 rings (SSSR count). The number of benzene rings is 1. The Balaban J connectivity index is 1.82. The average Bonchev–Trinajstić information content (AvgIpc) is 2.74. The molecule has 172 valence electrons. The van der Waals surface area contributed by atoms with Crippen LogP contribution in [0.5, 0.6) is 5.75 Å². The van der Waals surface area contributed by atoms with Gasteiger partial charge < -0.3 is 14.3 Å². The molecule has 1 aliphatic rings. The van der Waals surface area contributed by atoms with Crippen molar-refractivity contribution in [3.8, 4) is 5.75 Å². The zero-order valence-corrected chi connectivity index (χ0v) is 19.4. The predicted octanol–water partition coefficient (Wildman–Crippen LogP) is 6.51. The fourth-order valence-electron chi connectivity index (χ4n) is 3.28.